The zero-order valence-corrected chi connectivity index (χ0v) is 14.6. The molecule has 0 fully saturated rings. The number of hydrogen-bond donors (Lipinski definition) is 0. The molecule has 8 heteroatoms. The Hall–Kier alpha value is -2.48. The van der Waals surface area contributed by atoms with Crippen molar-refractivity contribution in [1.29, 1.82) is 0 Å². The Bertz CT molecular complexity index is 1060. The minimum atomic E-state index is -4.61. The highest BCUT2D eigenvalue weighted by atomic mass is 32.2. The fraction of sp³-hybridized carbons (Fsp3) is 0.222. The van der Waals surface area contributed by atoms with E-state index in [-0.39, 0.29) is 11.3 Å². The van der Waals surface area contributed by atoms with Crippen LogP contribution in [0.1, 0.15) is 22.5 Å². The van der Waals surface area contributed by atoms with Crippen molar-refractivity contribution in [2.45, 2.75) is 24.6 Å². The minimum Gasteiger partial charge on any atom is -0.250 e. The third-order valence-corrected chi connectivity index (χ3v) is 5.36. The van der Waals surface area contributed by atoms with Crippen LogP contribution in [0.4, 0.5) is 13.2 Å². The van der Waals surface area contributed by atoms with Gasteiger partial charge < -0.3 is 0 Å². The summed E-state index contributed by atoms with van der Waals surface area (Å²) in [6, 6.07) is 11.7. The van der Waals surface area contributed by atoms with Crippen LogP contribution in [0.3, 0.4) is 0 Å². The van der Waals surface area contributed by atoms with Crippen molar-refractivity contribution in [3.05, 3.63) is 71.0 Å². The molecule has 136 valence electrons. The zero-order chi connectivity index (χ0) is 18.9. The molecule has 0 radical (unpaired) electrons. The van der Waals surface area contributed by atoms with Gasteiger partial charge in [0.1, 0.15) is 0 Å². The van der Waals surface area contributed by atoms with E-state index in [0.717, 1.165) is 6.07 Å². The summed E-state index contributed by atoms with van der Waals surface area (Å²) in [5.74, 6) is -1.18. The number of fused-ring (bicyclic) bond motifs is 1. The maximum Gasteiger partial charge on any atom is 0.416 e. The molecule has 4 nitrogen and oxygen atoms in total. The Balaban J connectivity index is 1.92. The molecule has 0 saturated carbocycles. The Morgan fingerprint density at radius 3 is 2.12 bits per heavy atom. The summed E-state index contributed by atoms with van der Waals surface area (Å²) in [5.41, 5.74) is 0.647. The van der Waals surface area contributed by atoms with Crippen molar-refractivity contribution in [3.8, 4) is 0 Å². The second kappa shape index (κ2) is 6.68. The molecule has 0 aliphatic heterocycles. The molecule has 0 aliphatic rings. The number of sulfone groups is 1. The highest BCUT2D eigenvalue weighted by Gasteiger charge is 2.34. The Morgan fingerprint density at radius 1 is 0.885 bits per heavy atom. The van der Waals surface area contributed by atoms with E-state index in [2.05, 4.69) is 9.97 Å². The van der Waals surface area contributed by atoms with E-state index in [1.165, 1.54) is 18.2 Å². The van der Waals surface area contributed by atoms with Crippen LogP contribution in [-0.4, -0.2) is 18.4 Å². The molecule has 0 bridgehead atoms. The van der Waals surface area contributed by atoms with Gasteiger partial charge in [0.15, 0.2) is 9.84 Å². The first kappa shape index (κ1) is 18.3. The van der Waals surface area contributed by atoms with E-state index in [4.69, 9.17) is 0 Å². The number of benzene rings is 2. The quantitative estimate of drug-likeness (QED) is 0.685. The fourth-order valence-corrected chi connectivity index (χ4v) is 4.20. The van der Waals surface area contributed by atoms with Gasteiger partial charge in [-0.25, -0.2) is 18.4 Å². The minimum absolute atomic E-state index is 0.244. The number of rotatable bonds is 4. The van der Waals surface area contributed by atoms with Crippen LogP contribution in [0.15, 0.2) is 48.5 Å². The van der Waals surface area contributed by atoms with Crippen LogP contribution in [0.5, 0.6) is 0 Å². The van der Waals surface area contributed by atoms with E-state index < -0.39 is 33.1 Å². The number of para-hydroxylation sites is 2. The highest BCUT2D eigenvalue weighted by molar-refractivity contribution is 7.89. The molecule has 3 aromatic rings. The molecule has 0 saturated heterocycles. The predicted octanol–water partition coefficient (Wildman–Crippen LogP) is 4.07. The van der Waals surface area contributed by atoms with Gasteiger partial charge >= 0.3 is 6.18 Å². The number of hydrogen-bond acceptors (Lipinski definition) is 4. The van der Waals surface area contributed by atoms with Gasteiger partial charge in [0.2, 0.25) is 0 Å². The summed E-state index contributed by atoms with van der Waals surface area (Å²) >= 11 is 0. The molecule has 1 heterocycles. The van der Waals surface area contributed by atoms with Gasteiger partial charge in [0.05, 0.1) is 39.5 Å². The van der Waals surface area contributed by atoms with Crippen LogP contribution < -0.4 is 0 Å². The number of aromatic nitrogens is 2. The average molecular weight is 380 g/mol. The molecular formula is C18H15F3N2O2S. The monoisotopic (exact) mass is 380 g/mol. The average Bonchev–Trinajstić information content (AvgIpc) is 2.54. The molecule has 0 unspecified atom stereocenters. The molecule has 1 aromatic heterocycles. The van der Waals surface area contributed by atoms with Crippen LogP contribution in [0.2, 0.25) is 0 Å². The Kier molecular flexibility index (Phi) is 4.70. The number of alkyl halides is 3. The molecule has 0 atom stereocenters. The SMILES string of the molecule is Cc1nc2ccccc2nc1CS(=O)(=O)Cc1ccccc1C(F)(F)F. The van der Waals surface area contributed by atoms with Gasteiger partial charge in [-0.05, 0) is 30.7 Å². The fourth-order valence-electron chi connectivity index (χ4n) is 2.68. The zero-order valence-electron chi connectivity index (χ0n) is 13.8. The van der Waals surface area contributed by atoms with Crippen molar-refractivity contribution < 1.29 is 21.6 Å². The van der Waals surface area contributed by atoms with Gasteiger partial charge in [-0.1, -0.05) is 30.3 Å². The van der Waals surface area contributed by atoms with E-state index >= 15 is 0 Å². The van der Waals surface area contributed by atoms with E-state index in [9.17, 15) is 21.6 Å². The molecule has 0 spiro atoms. The normalized spacial score (nSPS) is 12.5. The molecular weight excluding hydrogens is 365 g/mol. The third-order valence-electron chi connectivity index (χ3n) is 3.90. The Morgan fingerprint density at radius 2 is 1.46 bits per heavy atom. The third kappa shape index (κ3) is 4.01. The topological polar surface area (TPSA) is 59.9 Å². The smallest absolute Gasteiger partial charge is 0.250 e. The summed E-state index contributed by atoms with van der Waals surface area (Å²) in [6.45, 7) is 1.63. The molecule has 2 aromatic carbocycles. The summed E-state index contributed by atoms with van der Waals surface area (Å²) in [7, 11) is -3.86. The lowest BCUT2D eigenvalue weighted by Gasteiger charge is -2.13. The number of halogens is 3. The summed E-state index contributed by atoms with van der Waals surface area (Å²) in [4.78, 5) is 8.63. The van der Waals surface area contributed by atoms with Crippen molar-refractivity contribution in [2.24, 2.45) is 0 Å². The van der Waals surface area contributed by atoms with Gasteiger partial charge in [0.25, 0.3) is 0 Å². The van der Waals surface area contributed by atoms with Gasteiger partial charge in [0, 0.05) is 0 Å². The van der Waals surface area contributed by atoms with Crippen molar-refractivity contribution >= 4 is 20.9 Å². The second-order valence-electron chi connectivity index (χ2n) is 5.93. The molecule has 0 amide bonds. The molecule has 3 rings (SSSR count). The van der Waals surface area contributed by atoms with Crippen molar-refractivity contribution in [2.75, 3.05) is 0 Å². The molecule has 0 N–H and O–H groups in total. The lowest BCUT2D eigenvalue weighted by atomic mass is 10.1. The first-order valence-electron chi connectivity index (χ1n) is 7.73. The maximum atomic E-state index is 13.1. The number of aryl methyl sites for hydroxylation is 1. The van der Waals surface area contributed by atoms with E-state index in [0.29, 0.717) is 16.7 Å². The number of nitrogens with zero attached hydrogens (tertiary/aromatic N) is 2. The largest absolute Gasteiger partial charge is 0.416 e. The lowest BCUT2D eigenvalue weighted by Crippen LogP contribution is -2.15. The van der Waals surface area contributed by atoms with Gasteiger partial charge in [-0.2, -0.15) is 13.2 Å². The summed E-state index contributed by atoms with van der Waals surface area (Å²) < 4.78 is 64.2. The summed E-state index contributed by atoms with van der Waals surface area (Å²) in [5, 5.41) is 0. The highest BCUT2D eigenvalue weighted by Crippen LogP contribution is 2.33. The summed E-state index contributed by atoms with van der Waals surface area (Å²) in [6.07, 6.45) is -4.61. The second-order valence-corrected chi connectivity index (χ2v) is 8.00. The van der Waals surface area contributed by atoms with Gasteiger partial charge in [-0.15, -0.1) is 0 Å². The molecule has 0 aliphatic carbocycles. The first-order valence-corrected chi connectivity index (χ1v) is 9.56. The standard InChI is InChI=1S/C18H15F3N2O2S/c1-12-17(23-16-9-5-4-8-15(16)22-12)11-26(24,25)10-13-6-2-3-7-14(13)18(19,20)21/h2-9H,10-11H2,1H3. The van der Waals surface area contributed by atoms with E-state index in [1.807, 2.05) is 0 Å². The lowest BCUT2D eigenvalue weighted by molar-refractivity contribution is -0.138. The van der Waals surface area contributed by atoms with Crippen LogP contribution in [-0.2, 0) is 27.5 Å². The van der Waals surface area contributed by atoms with E-state index in [1.54, 1.807) is 31.2 Å². The van der Waals surface area contributed by atoms with Crippen LogP contribution in [0.25, 0.3) is 11.0 Å². The van der Waals surface area contributed by atoms with Crippen molar-refractivity contribution in [1.82, 2.24) is 9.97 Å². The van der Waals surface area contributed by atoms with Crippen LogP contribution in [0, 0.1) is 6.92 Å². The molecule has 26 heavy (non-hydrogen) atoms. The van der Waals surface area contributed by atoms with Gasteiger partial charge in [-0.3, -0.25) is 0 Å². The van der Waals surface area contributed by atoms with Crippen LogP contribution >= 0.6 is 0 Å². The predicted molar refractivity (Wildman–Crippen MR) is 92.0 cm³/mol. The Labute approximate surface area is 148 Å². The first-order chi connectivity index (χ1) is 12.2. The maximum absolute atomic E-state index is 13.1. The van der Waals surface area contributed by atoms with Crippen molar-refractivity contribution in [3.63, 3.8) is 0 Å².